The smallest absolute Gasteiger partial charge is 0.378 e. The fourth-order valence-electron chi connectivity index (χ4n) is 6.86. The number of halogens is 1. The van der Waals surface area contributed by atoms with Crippen molar-refractivity contribution in [1.82, 2.24) is 19.1 Å². The minimum atomic E-state index is -4.03. The van der Waals surface area contributed by atoms with Gasteiger partial charge in [0.25, 0.3) is 5.56 Å². The van der Waals surface area contributed by atoms with Crippen LogP contribution in [0.15, 0.2) is 132 Å². The Kier molecular flexibility index (Phi) is 12.1. The van der Waals surface area contributed by atoms with Crippen molar-refractivity contribution in [2.75, 3.05) is 20.8 Å². The van der Waals surface area contributed by atoms with Crippen molar-refractivity contribution in [1.29, 1.82) is 0 Å². The second-order valence-corrected chi connectivity index (χ2v) is 16.5. The van der Waals surface area contributed by atoms with Crippen LogP contribution < -0.4 is 25.2 Å². The number of hydrogen-bond donors (Lipinski definition) is 2. The molecule has 3 heterocycles. The summed E-state index contributed by atoms with van der Waals surface area (Å²) in [7, 11) is 3.20. The maximum atomic E-state index is 13.1. The Bertz CT molecular complexity index is 2430. The van der Waals surface area contributed by atoms with Gasteiger partial charge in [-0.3, -0.25) is 18.9 Å². The molecule has 0 bridgehead atoms. The van der Waals surface area contributed by atoms with Crippen LogP contribution in [0.4, 0.5) is 0 Å². The Hall–Kier alpha value is -5.05. The molecule has 1 fully saturated rings. The van der Waals surface area contributed by atoms with Gasteiger partial charge in [-0.25, -0.2) is 9.78 Å². The molecule has 7 rings (SSSR count). The van der Waals surface area contributed by atoms with Crippen LogP contribution >= 0.6 is 18.3 Å². The standard InChI is InChI=1S/C41H40ClN4O9PS/c1-27-23-46(40(48)44-39(27)47)38-22-36(55-56(49,57)54-35-10-5-4-9-34(35)42)37(53-38)25-52-41(29-11-15-32(50-2)16-12-29,30-13-17-33(51-3)18-14-30)31-8-6-7-28(21-31)24-45-20-19-43-26-45/h4-21,23,26,36-38H,22,24-25H2,1-3H3,(H,49,57)(H,44,47,48)/t36-,37+,38+,56?/m0/s1. The first kappa shape index (κ1) is 40.2. The Labute approximate surface area is 338 Å². The summed E-state index contributed by atoms with van der Waals surface area (Å²) in [5.41, 5.74) is 1.15. The van der Waals surface area contributed by atoms with E-state index in [1.807, 2.05) is 77.5 Å². The summed E-state index contributed by atoms with van der Waals surface area (Å²) in [5, 5.41) is 0.235. The topological polar surface area (TPSA) is 148 Å². The van der Waals surface area contributed by atoms with E-state index < -0.39 is 42.0 Å². The summed E-state index contributed by atoms with van der Waals surface area (Å²) in [6.07, 6.45) is 4.03. The van der Waals surface area contributed by atoms with Gasteiger partial charge in [0.05, 0.1) is 32.2 Å². The van der Waals surface area contributed by atoms with Crippen molar-refractivity contribution in [3.05, 3.63) is 176 Å². The van der Waals surface area contributed by atoms with Gasteiger partial charge in [0, 0.05) is 48.9 Å². The predicted molar refractivity (Wildman–Crippen MR) is 218 cm³/mol. The highest BCUT2D eigenvalue weighted by Gasteiger charge is 2.45. The van der Waals surface area contributed by atoms with Gasteiger partial charge in [-0.05, 0) is 65.6 Å². The molecule has 6 aromatic rings. The Morgan fingerprint density at radius 3 is 2.28 bits per heavy atom. The first-order valence-corrected chi connectivity index (χ1v) is 20.9. The number of nitrogens with one attached hydrogen (secondary N) is 1. The zero-order chi connectivity index (χ0) is 40.2. The van der Waals surface area contributed by atoms with E-state index in [-0.39, 0.29) is 23.8 Å². The van der Waals surface area contributed by atoms with Gasteiger partial charge in [0.15, 0.2) is 0 Å². The average Bonchev–Trinajstić information content (AvgIpc) is 3.87. The molecule has 0 saturated carbocycles. The summed E-state index contributed by atoms with van der Waals surface area (Å²) < 4.78 is 40.1. The van der Waals surface area contributed by atoms with Crippen molar-refractivity contribution in [3.8, 4) is 17.2 Å². The molecule has 296 valence electrons. The van der Waals surface area contributed by atoms with Gasteiger partial charge in [-0.2, -0.15) is 0 Å². The lowest BCUT2D eigenvalue weighted by atomic mass is 9.79. The second kappa shape index (κ2) is 17.2. The van der Waals surface area contributed by atoms with Crippen LogP contribution in [0.3, 0.4) is 0 Å². The van der Waals surface area contributed by atoms with Crippen LogP contribution in [0, 0.1) is 6.92 Å². The van der Waals surface area contributed by atoms with Gasteiger partial charge in [-0.1, -0.05) is 72.3 Å². The number of aromatic nitrogens is 4. The number of benzene rings is 4. The quantitative estimate of drug-likeness (QED) is 0.0838. The fraction of sp³-hybridized carbons (Fsp3) is 0.244. The highest BCUT2D eigenvalue weighted by Crippen LogP contribution is 2.51. The second-order valence-electron chi connectivity index (χ2n) is 13.4. The molecule has 2 N–H and O–H groups in total. The molecule has 0 spiro atoms. The van der Waals surface area contributed by atoms with Crippen molar-refractivity contribution in [2.45, 2.75) is 43.9 Å². The maximum absolute atomic E-state index is 13.1. The third-order valence-corrected chi connectivity index (χ3v) is 11.4. The monoisotopic (exact) mass is 830 g/mol. The predicted octanol–water partition coefficient (Wildman–Crippen LogP) is 6.74. The van der Waals surface area contributed by atoms with Crippen molar-refractivity contribution < 1.29 is 32.9 Å². The Morgan fingerprint density at radius 2 is 1.65 bits per heavy atom. The van der Waals surface area contributed by atoms with E-state index in [0.717, 1.165) is 22.3 Å². The number of rotatable bonds is 15. The van der Waals surface area contributed by atoms with Crippen LogP contribution in [-0.2, 0) is 38.0 Å². The number of aryl methyl sites for hydroxylation is 1. The number of H-pyrrole nitrogens is 1. The molecule has 1 unspecified atom stereocenters. The number of methoxy groups -OCH3 is 2. The van der Waals surface area contributed by atoms with Crippen LogP contribution in [0.25, 0.3) is 0 Å². The molecule has 1 saturated heterocycles. The molecule has 57 heavy (non-hydrogen) atoms. The lowest BCUT2D eigenvalue weighted by Crippen LogP contribution is -2.38. The molecule has 2 aromatic heterocycles. The normalized spacial score (nSPS) is 17.9. The molecule has 13 nitrogen and oxygen atoms in total. The maximum Gasteiger partial charge on any atom is 0.378 e. The van der Waals surface area contributed by atoms with Crippen molar-refractivity contribution >= 4 is 30.1 Å². The molecule has 4 aromatic carbocycles. The largest absolute Gasteiger partial charge is 0.497 e. The lowest BCUT2D eigenvalue weighted by Gasteiger charge is -2.37. The molecule has 0 radical (unpaired) electrons. The fourth-order valence-corrected chi connectivity index (χ4v) is 8.67. The van der Waals surface area contributed by atoms with Gasteiger partial charge in [-0.15, -0.1) is 0 Å². The highest BCUT2D eigenvalue weighted by atomic mass is 35.5. The van der Waals surface area contributed by atoms with Gasteiger partial charge >= 0.3 is 12.4 Å². The zero-order valence-electron chi connectivity index (χ0n) is 31.2. The van der Waals surface area contributed by atoms with E-state index in [9.17, 15) is 14.5 Å². The summed E-state index contributed by atoms with van der Waals surface area (Å²) in [6, 6.07) is 29.8. The zero-order valence-corrected chi connectivity index (χ0v) is 33.7. The summed E-state index contributed by atoms with van der Waals surface area (Å²) >= 11 is 11.8. The minimum Gasteiger partial charge on any atom is -0.497 e. The molecular formula is C41H40ClN4O9PS. The summed E-state index contributed by atoms with van der Waals surface area (Å²) in [5.74, 6) is 1.45. The van der Waals surface area contributed by atoms with Gasteiger partial charge < -0.3 is 32.9 Å². The molecule has 1 aliphatic heterocycles. The van der Waals surface area contributed by atoms with Crippen LogP contribution in [-0.4, -0.2) is 57.0 Å². The Balaban J connectivity index is 1.32. The summed E-state index contributed by atoms with van der Waals surface area (Å²) in [6.45, 7) is -2.03. The SMILES string of the molecule is COc1ccc(C(OC[C@H]2O[C@@H](n3cc(C)c(=O)[nH]c3=O)C[C@@H]2OP(O)(=S)Oc2ccccc2Cl)(c2ccc(OC)cc2)c2cccc(Cn3ccnc3)c2)cc1. The third kappa shape index (κ3) is 8.93. The van der Waals surface area contributed by atoms with Crippen molar-refractivity contribution in [2.24, 2.45) is 0 Å². The highest BCUT2D eigenvalue weighted by molar-refractivity contribution is 8.07. The van der Waals surface area contributed by atoms with E-state index in [0.29, 0.717) is 23.6 Å². The van der Waals surface area contributed by atoms with Crippen LogP contribution in [0.1, 0.15) is 40.5 Å². The number of hydrogen-bond acceptors (Lipinski definition) is 10. The number of para-hydroxylation sites is 1. The van der Waals surface area contributed by atoms with Crippen molar-refractivity contribution in [3.63, 3.8) is 0 Å². The number of aromatic amines is 1. The number of nitrogens with zero attached hydrogens (tertiary/aromatic N) is 3. The number of imidazole rings is 1. The molecule has 0 amide bonds. The average molecular weight is 831 g/mol. The first-order chi connectivity index (χ1) is 27.5. The van der Waals surface area contributed by atoms with E-state index in [4.69, 9.17) is 51.4 Å². The molecule has 0 aliphatic carbocycles. The van der Waals surface area contributed by atoms with Crippen LogP contribution in [0.2, 0.25) is 5.02 Å². The van der Waals surface area contributed by atoms with Crippen LogP contribution in [0.5, 0.6) is 17.2 Å². The minimum absolute atomic E-state index is 0.0444. The molecular weight excluding hydrogens is 791 g/mol. The summed E-state index contributed by atoms with van der Waals surface area (Å²) in [4.78, 5) is 43.4. The van der Waals surface area contributed by atoms with E-state index in [1.165, 1.54) is 10.8 Å². The van der Waals surface area contributed by atoms with E-state index >= 15 is 0 Å². The van der Waals surface area contributed by atoms with Gasteiger partial charge in [0.2, 0.25) is 0 Å². The number of ether oxygens (including phenoxy) is 4. The first-order valence-electron chi connectivity index (χ1n) is 17.9. The Morgan fingerprint density at radius 1 is 0.965 bits per heavy atom. The van der Waals surface area contributed by atoms with E-state index in [2.05, 4.69) is 16.0 Å². The lowest BCUT2D eigenvalue weighted by molar-refractivity contribution is -0.0923. The molecule has 16 heteroatoms. The molecule has 1 aliphatic rings. The van der Waals surface area contributed by atoms with E-state index in [1.54, 1.807) is 57.9 Å². The third-order valence-electron chi connectivity index (χ3n) is 9.67. The molecule has 4 atom stereocenters. The van der Waals surface area contributed by atoms with Gasteiger partial charge in [0.1, 0.15) is 41.3 Å².